The van der Waals surface area contributed by atoms with Gasteiger partial charge in [0.05, 0.1) is 11.4 Å². The summed E-state index contributed by atoms with van der Waals surface area (Å²) in [7, 11) is 0. The Hall–Kier alpha value is -7.04. The molecule has 0 aliphatic rings. The maximum absolute atomic E-state index is 5.14. The highest BCUT2D eigenvalue weighted by Crippen LogP contribution is 2.37. The molecule has 0 radical (unpaired) electrons. The SMILES string of the molecule is c1ccc(-c2cc(-c3ccccc3)nc(-c3ccc(-c4ccc(-c5nc(-c6ccccc6)nc(-c6ccccc6)n5)c5ccccc45)cc3)c2)cc1. The molecule has 4 heteroatoms. The minimum absolute atomic E-state index is 0.643. The summed E-state index contributed by atoms with van der Waals surface area (Å²) < 4.78 is 0. The molecule has 0 fully saturated rings. The molecule has 7 aromatic carbocycles. The van der Waals surface area contributed by atoms with Gasteiger partial charge in [0.1, 0.15) is 0 Å². The van der Waals surface area contributed by atoms with E-state index < -0.39 is 0 Å². The average molecular weight is 665 g/mol. The molecular weight excluding hydrogens is 633 g/mol. The van der Waals surface area contributed by atoms with E-state index in [1.54, 1.807) is 0 Å². The van der Waals surface area contributed by atoms with Gasteiger partial charge in [0.2, 0.25) is 0 Å². The van der Waals surface area contributed by atoms with E-state index in [4.69, 9.17) is 19.9 Å². The van der Waals surface area contributed by atoms with E-state index in [0.29, 0.717) is 17.5 Å². The van der Waals surface area contributed by atoms with Crippen molar-refractivity contribution in [2.45, 2.75) is 0 Å². The van der Waals surface area contributed by atoms with Gasteiger partial charge in [-0.25, -0.2) is 19.9 Å². The van der Waals surface area contributed by atoms with Crippen LogP contribution in [0.5, 0.6) is 0 Å². The third-order valence-corrected chi connectivity index (χ3v) is 9.36. The summed E-state index contributed by atoms with van der Waals surface area (Å²) in [6.07, 6.45) is 0. The van der Waals surface area contributed by atoms with Crippen LogP contribution in [-0.4, -0.2) is 19.9 Å². The molecule has 0 amide bonds. The summed E-state index contributed by atoms with van der Waals surface area (Å²) in [5.74, 6) is 1.94. The summed E-state index contributed by atoms with van der Waals surface area (Å²) in [6, 6.07) is 67.0. The predicted molar refractivity (Wildman–Crippen MR) is 213 cm³/mol. The van der Waals surface area contributed by atoms with Gasteiger partial charge >= 0.3 is 0 Å². The Bertz CT molecular complexity index is 2530. The van der Waals surface area contributed by atoms with Crippen molar-refractivity contribution in [2.75, 3.05) is 0 Å². The molecule has 0 aliphatic heterocycles. The lowest BCUT2D eigenvalue weighted by Crippen LogP contribution is -2.00. The number of fused-ring (bicyclic) bond motifs is 1. The summed E-state index contributed by atoms with van der Waals surface area (Å²) in [5.41, 5.74) is 11.5. The first kappa shape index (κ1) is 31.0. The molecule has 244 valence electrons. The fourth-order valence-electron chi connectivity index (χ4n) is 6.73. The quantitative estimate of drug-likeness (QED) is 0.170. The van der Waals surface area contributed by atoms with E-state index in [1.165, 1.54) is 0 Å². The van der Waals surface area contributed by atoms with Crippen molar-refractivity contribution >= 4 is 10.8 Å². The van der Waals surface area contributed by atoms with Crippen LogP contribution in [0.1, 0.15) is 0 Å². The van der Waals surface area contributed by atoms with Crippen LogP contribution in [0.4, 0.5) is 0 Å². The van der Waals surface area contributed by atoms with Gasteiger partial charge in [-0.1, -0.05) is 176 Å². The van der Waals surface area contributed by atoms with Crippen molar-refractivity contribution in [1.82, 2.24) is 19.9 Å². The van der Waals surface area contributed by atoms with Crippen molar-refractivity contribution in [3.63, 3.8) is 0 Å². The standard InChI is InChI=1S/C48H32N4/c1-5-15-33(16-6-1)39-31-44(35-17-7-2-8-18-35)49-45(32-39)36-27-25-34(26-28-36)40-29-30-43(42-24-14-13-23-41(40)42)48-51-46(37-19-9-3-10-20-37)50-47(52-48)38-21-11-4-12-22-38/h1-32H. The predicted octanol–water partition coefficient (Wildman–Crippen LogP) is 12.1. The Morgan fingerprint density at radius 3 is 1.15 bits per heavy atom. The number of benzene rings is 7. The molecule has 0 atom stereocenters. The van der Waals surface area contributed by atoms with Gasteiger partial charge in [-0.3, -0.25) is 0 Å². The fourth-order valence-corrected chi connectivity index (χ4v) is 6.73. The number of hydrogen-bond acceptors (Lipinski definition) is 4. The highest BCUT2D eigenvalue weighted by atomic mass is 15.0. The Kier molecular flexibility index (Phi) is 8.16. The van der Waals surface area contributed by atoms with Gasteiger partial charge < -0.3 is 0 Å². The maximum atomic E-state index is 5.14. The molecule has 0 N–H and O–H groups in total. The summed E-state index contributed by atoms with van der Waals surface area (Å²) in [4.78, 5) is 20.1. The van der Waals surface area contributed by atoms with Crippen LogP contribution in [0.15, 0.2) is 194 Å². The van der Waals surface area contributed by atoms with Gasteiger partial charge in [0.15, 0.2) is 17.5 Å². The van der Waals surface area contributed by atoms with Crippen LogP contribution < -0.4 is 0 Å². The van der Waals surface area contributed by atoms with E-state index in [-0.39, 0.29) is 0 Å². The zero-order valence-corrected chi connectivity index (χ0v) is 28.3. The van der Waals surface area contributed by atoms with E-state index in [0.717, 1.165) is 72.2 Å². The van der Waals surface area contributed by atoms with E-state index in [1.807, 2.05) is 72.8 Å². The zero-order valence-electron chi connectivity index (χ0n) is 28.3. The third-order valence-electron chi connectivity index (χ3n) is 9.36. The normalized spacial score (nSPS) is 11.1. The molecule has 0 aliphatic carbocycles. The van der Waals surface area contributed by atoms with Gasteiger partial charge in [-0.05, 0) is 51.2 Å². The molecule has 0 saturated heterocycles. The molecular formula is C48H32N4. The molecule has 0 bridgehead atoms. The molecule has 2 aromatic heterocycles. The number of hydrogen-bond donors (Lipinski definition) is 0. The Labute approximate surface area is 302 Å². The second-order valence-electron chi connectivity index (χ2n) is 12.7. The molecule has 2 heterocycles. The van der Waals surface area contributed by atoms with E-state index >= 15 is 0 Å². The van der Waals surface area contributed by atoms with Gasteiger partial charge in [-0.15, -0.1) is 0 Å². The molecule has 4 nitrogen and oxygen atoms in total. The topological polar surface area (TPSA) is 51.6 Å². The van der Waals surface area contributed by atoms with Crippen molar-refractivity contribution in [3.05, 3.63) is 194 Å². The molecule has 0 spiro atoms. The third kappa shape index (κ3) is 6.14. The largest absolute Gasteiger partial charge is 0.248 e. The lowest BCUT2D eigenvalue weighted by Gasteiger charge is -2.14. The van der Waals surface area contributed by atoms with Crippen molar-refractivity contribution in [3.8, 4) is 78.9 Å². The van der Waals surface area contributed by atoms with Crippen molar-refractivity contribution in [2.24, 2.45) is 0 Å². The average Bonchev–Trinajstić information content (AvgIpc) is 3.24. The first-order valence-electron chi connectivity index (χ1n) is 17.4. The number of aromatic nitrogens is 4. The Morgan fingerprint density at radius 1 is 0.231 bits per heavy atom. The van der Waals surface area contributed by atoms with E-state index in [9.17, 15) is 0 Å². The van der Waals surface area contributed by atoms with Gasteiger partial charge in [-0.2, -0.15) is 0 Å². The van der Waals surface area contributed by atoms with E-state index in [2.05, 4.69) is 121 Å². The lowest BCUT2D eigenvalue weighted by atomic mass is 9.93. The number of pyridine rings is 1. The Balaban J connectivity index is 1.13. The summed E-state index contributed by atoms with van der Waals surface area (Å²) in [6.45, 7) is 0. The van der Waals surface area contributed by atoms with Crippen LogP contribution in [0.2, 0.25) is 0 Å². The zero-order chi connectivity index (χ0) is 34.7. The second kappa shape index (κ2) is 13.7. The van der Waals surface area contributed by atoms with Crippen LogP contribution in [0.25, 0.3) is 89.7 Å². The lowest BCUT2D eigenvalue weighted by molar-refractivity contribution is 1.08. The maximum Gasteiger partial charge on any atom is 0.164 e. The summed E-state index contributed by atoms with van der Waals surface area (Å²) in [5, 5.41) is 2.21. The minimum Gasteiger partial charge on any atom is -0.248 e. The van der Waals surface area contributed by atoms with Crippen LogP contribution in [-0.2, 0) is 0 Å². The molecule has 0 unspecified atom stereocenters. The van der Waals surface area contributed by atoms with Crippen molar-refractivity contribution in [1.29, 1.82) is 0 Å². The number of nitrogens with zero attached hydrogens (tertiary/aromatic N) is 4. The first-order valence-corrected chi connectivity index (χ1v) is 17.4. The smallest absolute Gasteiger partial charge is 0.164 e. The molecule has 0 saturated carbocycles. The molecule has 9 rings (SSSR count). The highest BCUT2D eigenvalue weighted by molar-refractivity contribution is 6.04. The molecule has 52 heavy (non-hydrogen) atoms. The van der Waals surface area contributed by atoms with Gasteiger partial charge in [0, 0.05) is 27.8 Å². The van der Waals surface area contributed by atoms with Crippen LogP contribution >= 0.6 is 0 Å². The highest BCUT2D eigenvalue weighted by Gasteiger charge is 2.16. The number of rotatable bonds is 7. The van der Waals surface area contributed by atoms with Crippen LogP contribution in [0, 0.1) is 0 Å². The first-order chi connectivity index (χ1) is 25.8. The van der Waals surface area contributed by atoms with Crippen molar-refractivity contribution < 1.29 is 0 Å². The summed E-state index contributed by atoms with van der Waals surface area (Å²) >= 11 is 0. The van der Waals surface area contributed by atoms with Gasteiger partial charge in [0.25, 0.3) is 0 Å². The second-order valence-corrected chi connectivity index (χ2v) is 12.7. The minimum atomic E-state index is 0.643. The molecule has 9 aromatic rings. The fraction of sp³-hybridized carbons (Fsp3) is 0. The van der Waals surface area contributed by atoms with Crippen LogP contribution in [0.3, 0.4) is 0 Å². The Morgan fingerprint density at radius 2 is 0.615 bits per heavy atom. The monoisotopic (exact) mass is 664 g/mol.